The Balaban J connectivity index is 1.67. The first-order valence-electron chi connectivity index (χ1n) is 12.7. The lowest BCUT2D eigenvalue weighted by atomic mass is 10.1. The second kappa shape index (κ2) is 11.4. The Morgan fingerprint density at radius 2 is 1.59 bits per heavy atom. The summed E-state index contributed by atoms with van der Waals surface area (Å²) in [6.07, 6.45) is -9.49. The minimum Gasteiger partial charge on any atom is -0.455 e. The average molecular weight is 592 g/mol. The Hall–Kier alpha value is -3.59. The molecule has 2 aromatic heterocycles. The second-order valence-electron chi connectivity index (χ2n) is 9.99. The van der Waals surface area contributed by atoms with Crippen molar-refractivity contribution in [3.63, 3.8) is 0 Å². The van der Waals surface area contributed by atoms with Gasteiger partial charge in [0.25, 0.3) is 5.56 Å². The highest BCUT2D eigenvalue weighted by Crippen LogP contribution is 2.34. The zero-order valence-electron chi connectivity index (χ0n) is 22.2. The van der Waals surface area contributed by atoms with Crippen LogP contribution < -0.4 is 21.9 Å². The van der Waals surface area contributed by atoms with Gasteiger partial charge >= 0.3 is 18.0 Å². The summed E-state index contributed by atoms with van der Waals surface area (Å²) < 4.78 is 101. The maximum Gasteiger partial charge on any atom is 0.449 e. The predicted octanol–water partition coefficient (Wildman–Crippen LogP) is 3.81. The molecule has 1 aliphatic rings. The number of halogens is 7. The number of hydrogen-bond donors (Lipinski definition) is 1. The smallest absolute Gasteiger partial charge is 0.449 e. The average Bonchev–Trinajstić information content (AvgIpc) is 3.35. The molecule has 1 aliphatic heterocycles. The molecule has 1 aromatic carbocycles. The summed E-state index contributed by atoms with van der Waals surface area (Å²) in [5, 5.41) is 0. The lowest BCUT2D eigenvalue weighted by Gasteiger charge is -2.36. The fourth-order valence-electron chi connectivity index (χ4n) is 4.89. The number of hydrogen-bond acceptors (Lipinski definition) is 6. The SMILES string of the molecule is Cc1c(N2CCN(Cc3ccc(C(F)(F)F)o3)CC2)c(=O)n(CC(C)N)c(=O)n1Cc1c(F)cccc1C(F)(F)F. The molecule has 0 saturated carbocycles. The first-order chi connectivity index (χ1) is 19.1. The first-order valence-corrected chi connectivity index (χ1v) is 12.7. The van der Waals surface area contributed by atoms with Crippen molar-refractivity contribution in [2.45, 2.75) is 51.9 Å². The topological polar surface area (TPSA) is 89.6 Å². The van der Waals surface area contributed by atoms with Crippen LogP contribution in [0.1, 0.15) is 35.3 Å². The van der Waals surface area contributed by atoms with Crippen LogP contribution in [0.2, 0.25) is 0 Å². The van der Waals surface area contributed by atoms with Gasteiger partial charge in [-0.3, -0.25) is 18.8 Å². The van der Waals surface area contributed by atoms with Crippen LogP contribution in [-0.2, 0) is 32.0 Å². The summed E-state index contributed by atoms with van der Waals surface area (Å²) in [5.41, 5.74) is 2.33. The van der Waals surface area contributed by atoms with Gasteiger partial charge in [0.05, 0.1) is 18.7 Å². The number of aromatic nitrogens is 2. The second-order valence-corrected chi connectivity index (χ2v) is 9.99. The van der Waals surface area contributed by atoms with Crippen molar-refractivity contribution >= 4 is 5.69 Å². The van der Waals surface area contributed by atoms with E-state index in [0.29, 0.717) is 19.2 Å². The van der Waals surface area contributed by atoms with Crippen molar-refractivity contribution in [3.8, 4) is 0 Å². The normalized spacial score (nSPS) is 15.9. The number of alkyl halides is 6. The van der Waals surface area contributed by atoms with Crippen LogP contribution >= 0.6 is 0 Å². The quantitative estimate of drug-likeness (QED) is 0.421. The highest BCUT2D eigenvalue weighted by molar-refractivity contribution is 5.50. The Bertz CT molecular complexity index is 1510. The van der Waals surface area contributed by atoms with Crippen LogP contribution in [0.3, 0.4) is 0 Å². The molecule has 41 heavy (non-hydrogen) atoms. The van der Waals surface area contributed by atoms with E-state index in [1.165, 1.54) is 13.0 Å². The van der Waals surface area contributed by atoms with Crippen molar-refractivity contribution in [3.05, 3.63) is 85.3 Å². The third-order valence-electron chi connectivity index (χ3n) is 6.88. The van der Waals surface area contributed by atoms with E-state index >= 15 is 0 Å². The largest absolute Gasteiger partial charge is 0.455 e. The third-order valence-corrected chi connectivity index (χ3v) is 6.88. The zero-order valence-corrected chi connectivity index (χ0v) is 22.2. The molecule has 3 heterocycles. The van der Waals surface area contributed by atoms with Gasteiger partial charge < -0.3 is 15.1 Å². The molecule has 1 saturated heterocycles. The zero-order chi connectivity index (χ0) is 30.3. The van der Waals surface area contributed by atoms with E-state index in [1.54, 1.807) is 11.8 Å². The number of nitrogens with two attached hydrogens (primary N) is 1. The molecule has 2 N–H and O–H groups in total. The molecular formula is C26H28F7N5O3. The standard InChI is InChI=1S/C26H28F7N5O3/c1-15(34)12-38-23(39)22(36-10-8-35(9-11-36)13-17-6-7-21(41-17)26(31,32)33)16(2)37(24(38)40)14-18-19(25(28,29)30)4-3-5-20(18)27/h3-7,15H,8-14,34H2,1-2H3. The van der Waals surface area contributed by atoms with Gasteiger partial charge in [-0.25, -0.2) is 9.18 Å². The summed E-state index contributed by atoms with van der Waals surface area (Å²) >= 11 is 0. The molecule has 0 radical (unpaired) electrons. The monoisotopic (exact) mass is 591 g/mol. The number of rotatable bonds is 7. The van der Waals surface area contributed by atoms with Gasteiger partial charge in [-0.05, 0) is 38.1 Å². The van der Waals surface area contributed by atoms with Gasteiger partial charge in [0.2, 0.25) is 5.76 Å². The Kier molecular flexibility index (Phi) is 8.41. The van der Waals surface area contributed by atoms with Crippen molar-refractivity contribution < 1.29 is 35.2 Å². The number of benzene rings is 1. The Morgan fingerprint density at radius 1 is 0.927 bits per heavy atom. The Morgan fingerprint density at radius 3 is 2.15 bits per heavy atom. The van der Waals surface area contributed by atoms with E-state index in [2.05, 4.69) is 0 Å². The maximum absolute atomic E-state index is 14.7. The van der Waals surface area contributed by atoms with Crippen molar-refractivity contribution in [2.24, 2.45) is 5.73 Å². The molecule has 15 heteroatoms. The van der Waals surface area contributed by atoms with E-state index in [0.717, 1.165) is 27.3 Å². The highest BCUT2D eigenvalue weighted by Gasteiger charge is 2.36. The van der Waals surface area contributed by atoms with Gasteiger partial charge in [0, 0.05) is 50.0 Å². The van der Waals surface area contributed by atoms with Gasteiger partial charge in [0.15, 0.2) is 0 Å². The summed E-state index contributed by atoms with van der Waals surface area (Å²) in [5.74, 6) is -2.15. The highest BCUT2D eigenvalue weighted by atomic mass is 19.4. The lowest BCUT2D eigenvalue weighted by molar-refractivity contribution is -0.153. The molecule has 0 aliphatic carbocycles. The van der Waals surface area contributed by atoms with Crippen LogP contribution in [-0.4, -0.2) is 46.3 Å². The van der Waals surface area contributed by atoms with Crippen LogP contribution in [0.5, 0.6) is 0 Å². The number of anilines is 1. The van der Waals surface area contributed by atoms with Gasteiger partial charge in [-0.2, -0.15) is 26.3 Å². The summed E-state index contributed by atoms with van der Waals surface area (Å²) in [6, 6.07) is 3.92. The minimum absolute atomic E-state index is 0.0478. The van der Waals surface area contributed by atoms with Gasteiger partial charge in [-0.15, -0.1) is 0 Å². The van der Waals surface area contributed by atoms with E-state index in [-0.39, 0.29) is 43.3 Å². The number of furan rings is 1. The fourth-order valence-corrected chi connectivity index (χ4v) is 4.89. The van der Waals surface area contributed by atoms with Crippen LogP contribution in [0, 0.1) is 12.7 Å². The molecular weight excluding hydrogens is 563 g/mol. The molecule has 224 valence electrons. The number of piperazine rings is 1. The first kappa shape index (κ1) is 30.4. The summed E-state index contributed by atoms with van der Waals surface area (Å²) in [7, 11) is 0. The van der Waals surface area contributed by atoms with E-state index in [9.17, 15) is 40.3 Å². The molecule has 1 unspecified atom stereocenters. The van der Waals surface area contributed by atoms with E-state index in [1.807, 2.05) is 4.90 Å². The van der Waals surface area contributed by atoms with Gasteiger partial charge in [-0.1, -0.05) is 6.07 Å². The molecule has 0 bridgehead atoms. The Labute approximate surface area is 229 Å². The van der Waals surface area contributed by atoms with E-state index in [4.69, 9.17) is 10.2 Å². The van der Waals surface area contributed by atoms with Crippen LogP contribution in [0.25, 0.3) is 0 Å². The molecule has 0 amide bonds. The minimum atomic E-state index is -4.89. The molecule has 3 aromatic rings. The van der Waals surface area contributed by atoms with Crippen molar-refractivity contribution in [1.82, 2.24) is 14.0 Å². The molecule has 1 atom stereocenters. The van der Waals surface area contributed by atoms with Crippen molar-refractivity contribution in [2.75, 3.05) is 31.1 Å². The third kappa shape index (κ3) is 6.50. The maximum atomic E-state index is 14.7. The summed E-state index contributed by atoms with van der Waals surface area (Å²) in [4.78, 5) is 30.3. The number of nitrogens with zero attached hydrogens (tertiary/aromatic N) is 4. The molecule has 1 fully saturated rings. The van der Waals surface area contributed by atoms with E-state index < -0.39 is 58.9 Å². The van der Waals surface area contributed by atoms with Gasteiger partial charge in [0.1, 0.15) is 17.3 Å². The fraction of sp³-hybridized carbons (Fsp3) is 0.462. The predicted molar refractivity (Wildman–Crippen MR) is 135 cm³/mol. The molecule has 0 spiro atoms. The molecule has 8 nitrogen and oxygen atoms in total. The molecule has 4 rings (SSSR count). The lowest BCUT2D eigenvalue weighted by Crippen LogP contribution is -2.51. The van der Waals surface area contributed by atoms with Crippen molar-refractivity contribution in [1.29, 1.82) is 0 Å². The van der Waals surface area contributed by atoms with Crippen LogP contribution in [0.4, 0.5) is 36.4 Å². The summed E-state index contributed by atoms with van der Waals surface area (Å²) in [6.45, 7) is 3.07. The van der Waals surface area contributed by atoms with Crippen LogP contribution in [0.15, 0.2) is 44.3 Å².